The fourth-order valence-corrected chi connectivity index (χ4v) is 2.76. The normalized spacial score (nSPS) is 9.22. The van der Waals surface area contributed by atoms with Gasteiger partial charge < -0.3 is 4.74 Å². The standard InChI is InChI=1S/C12H26S.C8H8.C7H9NO3/c1-2-3-4-5-6-7-8-9-10-11-12-13;1-2-8-6-4-3-5-7-8;1-6(2)7(10)11-4-3-8-5-9/h13H,2-12H2,1H3;2-7H,1H2;1,3-4H2,2H3. The first kappa shape index (κ1) is 32.1. The SMILES string of the molecule is C=C(C)C(=O)OCCN=C=O.C=Cc1ccccc1.CCCCCCCCCCCCS. The van der Waals surface area contributed by atoms with Crippen molar-refractivity contribution in [2.45, 2.75) is 78.1 Å². The van der Waals surface area contributed by atoms with Crippen LogP contribution in [0.15, 0.2) is 54.1 Å². The molecule has 5 heteroatoms. The molecule has 4 nitrogen and oxygen atoms in total. The summed E-state index contributed by atoms with van der Waals surface area (Å²) in [7, 11) is 0. The van der Waals surface area contributed by atoms with Crippen LogP contribution in [-0.2, 0) is 14.3 Å². The molecule has 0 saturated heterocycles. The summed E-state index contributed by atoms with van der Waals surface area (Å²) in [6, 6.07) is 10.0. The summed E-state index contributed by atoms with van der Waals surface area (Å²) < 4.78 is 4.59. The Hall–Kier alpha value is -2.10. The molecule has 0 amide bonds. The molecule has 1 aromatic rings. The van der Waals surface area contributed by atoms with Crippen LogP contribution in [0.4, 0.5) is 0 Å². The molecule has 32 heavy (non-hydrogen) atoms. The molecule has 0 saturated carbocycles. The van der Waals surface area contributed by atoms with Crippen LogP contribution in [-0.4, -0.2) is 31.0 Å². The Morgan fingerprint density at radius 2 is 1.56 bits per heavy atom. The Balaban J connectivity index is 0. The number of rotatable bonds is 15. The van der Waals surface area contributed by atoms with Gasteiger partial charge in [-0.15, -0.1) is 0 Å². The predicted octanol–water partition coefficient (Wildman–Crippen LogP) is 7.61. The summed E-state index contributed by atoms with van der Waals surface area (Å²) in [5.41, 5.74) is 1.51. The highest BCUT2D eigenvalue weighted by atomic mass is 32.1. The van der Waals surface area contributed by atoms with Gasteiger partial charge in [0.1, 0.15) is 6.61 Å². The summed E-state index contributed by atoms with van der Waals surface area (Å²) >= 11 is 4.20. The van der Waals surface area contributed by atoms with Gasteiger partial charge in [0.05, 0.1) is 6.54 Å². The maximum absolute atomic E-state index is 10.6. The minimum Gasteiger partial charge on any atom is -0.460 e. The molecular formula is C27H43NO3S. The van der Waals surface area contributed by atoms with Crippen LogP contribution >= 0.6 is 12.6 Å². The highest BCUT2D eigenvalue weighted by Crippen LogP contribution is 2.10. The molecule has 0 spiro atoms. The lowest BCUT2D eigenvalue weighted by molar-refractivity contribution is -0.138. The van der Waals surface area contributed by atoms with Gasteiger partial charge in [-0.3, -0.25) is 0 Å². The number of nitrogens with zero attached hydrogens (tertiary/aromatic N) is 1. The molecule has 0 bridgehead atoms. The number of isocyanates is 1. The topological polar surface area (TPSA) is 55.7 Å². The number of aliphatic imine (C=N–C) groups is 1. The van der Waals surface area contributed by atoms with Crippen LogP contribution < -0.4 is 0 Å². The van der Waals surface area contributed by atoms with Crippen molar-refractivity contribution in [3.63, 3.8) is 0 Å². The van der Waals surface area contributed by atoms with E-state index in [0.29, 0.717) is 5.57 Å². The number of hydrogen-bond acceptors (Lipinski definition) is 5. The molecule has 0 aliphatic rings. The molecule has 0 aliphatic carbocycles. The van der Waals surface area contributed by atoms with Gasteiger partial charge in [-0.2, -0.15) is 12.6 Å². The second kappa shape index (κ2) is 26.9. The van der Waals surface area contributed by atoms with Crippen LogP contribution in [0.3, 0.4) is 0 Å². The van der Waals surface area contributed by atoms with Gasteiger partial charge in [-0.25, -0.2) is 14.6 Å². The molecule has 1 rings (SSSR count). The van der Waals surface area contributed by atoms with Crippen LogP contribution in [0.5, 0.6) is 0 Å². The summed E-state index contributed by atoms with van der Waals surface area (Å²) in [5, 5.41) is 0. The summed E-state index contributed by atoms with van der Waals surface area (Å²) in [6.45, 7) is 11.1. The second-order valence-electron chi connectivity index (χ2n) is 7.41. The van der Waals surface area contributed by atoms with Gasteiger partial charge in [0, 0.05) is 5.57 Å². The Morgan fingerprint density at radius 3 is 1.97 bits per heavy atom. The average Bonchev–Trinajstić information content (AvgIpc) is 2.82. The zero-order valence-electron chi connectivity index (χ0n) is 20.2. The zero-order chi connectivity index (χ0) is 24.3. The van der Waals surface area contributed by atoms with Crippen molar-refractivity contribution >= 4 is 30.8 Å². The molecule has 0 N–H and O–H groups in total. The van der Waals surface area contributed by atoms with E-state index < -0.39 is 5.97 Å². The molecule has 0 unspecified atom stereocenters. The molecule has 0 heterocycles. The van der Waals surface area contributed by atoms with Crippen molar-refractivity contribution in [2.24, 2.45) is 4.99 Å². The van der Waals surface area contributed by atoms with Crippen molar-refractivity contribution in [2.75, 3.05) is 18.9 Å². The highest BCUT2D eigenvalue weighted by Gasteiger charge is 2.00. The third kappa shape index (κ3) is 25.9. The number of esters is 1. The monoisotopic (exact) mass is 461 g/mol. The fraction of sp³-hybridized carbons (Fsp3) is 0.556. The lowest BCUT2D eigenvalue weighted by Gasteiger charge is -2.00. The predicted molar refractivity (Wildman–Crippen MR) is 141 cm³/mol. The van der Waals surface area contributed by atoms with Crippen molar-refractivity contribution in [1.29, 1.82) is 0 Å². The number of benzene rings is 1. The lowest BCUT2D eigenvalue weighted by Crippen LogP contribution is -2.07. The van der Waals surface area contributed by atoms with E-state index in [2.05, 4.69) is 42.4 Å². The van der Waals surface area contributed by atoms with E-state index in [-0.39, 0.29) is 13.2 Å². The number of carbonyl (C=O) groups excluding carboxylic acids is 2. The van der Waals surface area contributed by atoms with Crippen LogP contribution in [0.1, 0.15) is 83.6 Å². The Kier molecular flexibility index (Phi) is 27.0. The summed E-state index contributed by atoms with van der Waals surface area (Å²) in [4.78, 5) is 23.4. The Labute approximate surface area is 201 Å². The van der Waals surface area contributed by atoms with Crippen LogP contribution in [0.25, 0.3) is 6.08 Å². The smallest absolute Gasteiger partial charge is 0.333 e. The number of hydrogen-bond donors (Lipinski definition) is 1. The minimum absolute atomic E-state index is 0.0981. The minimum atomic E-state index is -0.467. The van der Waals surface area contributed by atoms with Crippen LogP contribution in [0, 0.1) is 0 Å². The van der Waals surface area contributed by atoms with Gasteiger partial charge in [-0.05, 0) is 24.7 Å². The molecule has 0 atom stereocenters. The van der Waals surface area contributed by atoms with E-state index in [4.69, 9.17) is 0 Å². The Morgan fingerprint density at radius 1 is 1.03 bits per heavy atom. The largest absolute Gasteiger partial charge is 0.460 e. The Bertz CT molecular complexity index is 615. The van der Waals surface area contributed by atoms with Crippen LogP contribution in [0.2, 0.25) is 0 Å². The first-order valence-electron chi connectivity index (χ1n) is 11.7. The van der Waals surface area contributed by atoms with Crippen molar-refractivity contribution in [3.05, 3.63) is 54.6 Å². The maximum atomic E-state index is 10.6. The van der Waals surface area contributed by atoms with Gasteiger partial charge >= 0.3 is 5.97 Å². The molecule has 0 radical (unpaired) electrons. The molecule has 180 valence electrons. The molecule has 0 fully saturated rings. The summed E-state index contributed by atoms with van der Waals surface area (Å²) in [6.07, 6.45) is 17.3. The third-order valence-corrected chi connectivity index (χ3v) is 4.71. The first-order chi connectivity index (χ1) is 15.5. The van der Waals surface area contributed by atoms with E-state index in [1.54, 1.807) is 6.92 Å². The van der Waals surface area contributed by atoms with Crippen molar-refractivity contribution < 1.29 is 14.3 Å². The number of thiol groups is 1. The van der Waals surface area contributed by atoms with Crippen molar-refractivity contribution in [1.82, 2.24) is 0 Å². The number of ether oxygens (including phenoxy) is 1. The first-order valence-corrected chi connectivity index (χ1v) is 12.3. The maximum Gasteiger partial charge on any atom is 0.333 e. The van der Waals surface area contributed by atoms with E-state index in [1.807, 2.05) is 36.4 Å². The third-order valence-electron chi connectivity index (χ3n) is 4.40. The number of unbranched alkanes of at least 4 members (excludes halogenated alkanes) is 9. The number of carbonyl (C=O) groups is 1. The quantitative estimate of drug-likeness (QED) is 0.0730. The van der Waals surface area contributed by atoms with Gasteiger partial charge in [0.2, 0.25) is 6.08 Å². The second-order valence-corrected chi connectivity index (χ2v) is 7.86. The lowest BCUT2D eigenvalue weighted by atomic mass is 10.1. The molecule has 0 aromatic heterocycles. The highest BCUT2D eigenvalue weighted by molar-refractivity contribution is 7.80. The average molecular weight is 462 g/mol. The van der Waals surface area contributed by atoms with E-state index in [1.165, 1.54) is 75.9 Å². The van der Waals surface area contributed by atoms with Gasteiger partial charge in [-0.1, -0.05) is 114 Å². The van der Waals surface area contributed by atoms with Gasteiger partial charge in [0.25, 0.3) is 0 Å². The molecule has 1 aromatic carbocycles. The van der Waals surface area contributed by atoms with E-state index in [9.17, 15) is 9.59 Å². The van der Waals surface area contributed by atoms with Gasteiger partial charge in [0.15, 0.2) is 0 Å². The summed E-state index contributed by atoms with van der Waals surface area (Å²) in [5.74, 6) is 0.599. The fourth-order valence-electron chi connectivity index (χ4n) is 2.54. The zero-order valence-corrected chi connectivity index (χ0v) is 21.1. The van der Waals surface area contributed by atoms with Crippen molar-refractivity contribution in [3.8, 4) is 0 Å². The van der Waals surface area contributed by atoms with E-state index in [0.717, 1.165) is 5.75 Å². The van der Waals surface area contributed by atoms with E-state index >= 15 is 0 Å². The molecular weight excluding hydrogens is 418 g/mol. The molecule has 0 aliphatic heterocycles.